The summed E-state index contributed by atoms with van der Waals surface area (Å²) in [6.45, 7) is 11.3. The van der Waals surface area contributed by atoms with Crippen molar-refractivity contribution in [2.24, 2.45) is 11.8 Å². The molecule has 6 heteroatoms. The lowest BCUT2D eigenvalue weighted by atomic mass is 10.0. The van der Waals surface area contributed by atoms with Gasteiger partial charge in [-0.15, -0.1) is 0 Å². The van der Waals surface area contributed by atoms with E-state index in [9.17, 15) is 14.4 Å². The summed E-state index contributed by atoms with van der Waals surface area (Å²) in [5.74, 6) is 0.777. The molecule has 0 bridgehead atoms. The van der Waals surface area contributed by atoms with Gasteiger partial charge < -0.3 is 14.2 Å². The molecular weight excluding hydrogens is 673 g/mol. The topological polar surface area (TPSA) is 78.9 Å². The van der Waals surface area contributed by atoms with Crippen LogP contribution in [0.1, 0.15) is 259 Å². The van der Waals surface area contributed by atoms with Gasteiger partial charge in [0.25, 0.3) is 0 Å². The molecule has 1 atom stereocenters. The summed E-state index contributed by atoms with van der Waals surface area (Å²) in [6.07, 6.45) is 39.5. The average Bonchev–Trinajstić information content (AvgIpc) is 3.14. The highest BCUT2D eigenvalue weighted by molar-refractivity contribution is 5.71. The maximum atomic E-state index is 12.7. The van der Waals surface area contributed by atoms with Crippen LogP contribution in [0.3, 0.4) is 0 Å². The minimum Gasteiger partial charge on any atom is -0.462 e. The molecule has 0 aromatic carbocycles. The standard InChI is InChI=1S/C48H92O6/c1-6-7-8-9-10-16-23-28-33-38-46(49)52-41-45(42-53-47(50)39-34-29-24-20-19-22-27-32-37-44(4)5)54-48(51)40-35-30-25-18-15-13-11-12-14-17-21-26-31-36-43(2)3/h43-45H,6-42H2,1-5H3/t45-/m0/s1. The first-order chi connectivity index (χ1) is 26.2. The predicted octanol–water partition coefficient (Wildman–Crippen LogP) is 15.0. The van der Waals surface area contributed by atoms with Gasteiger partial charge in [0, 0.05) is 19.3 Å². The molecule has 0 saturated carbocycles. The van der Waals surface area contributed by atoms with E-state index in [1.54, 1.807) is 0 Å². The lowest BCUT2D eigenvalue weighted by Gasteiger charge is -2.18. The van der Waals surface area contributed by atoms with Gasteiger partial charge in [-0.2, -0.15) is 0 Å². The van der Waals surface area contributed by atoms with Crippen molar-refractivity contribution in [3.8, 4) is 0 Å². The van der Waals surface area contributed by atoms with E-state index in [0.717, 1.165) is 69.6 Å². The molecule has 0 fully saturated rings. The van der Waals surface area contributed by atoms with Crippen molar-refractivity contribution < 1.29 is 28.6 Å². The summed E-state index contributed by atoms with van der Waals surface area (Å²) < 4.78 is 16.7. The number of ether oxygens (including phenoxy) is 3. The molecule has 6 nitrogen and oxygen atoms in total. The molecule has 0 aromatic rings. The van der Waals surface area contributed by atoms with Crippen molar-refractivity contribution in [2.45, 2.75) is 265 Å². The SMILES string of the molecule is CCCCCCCCCCCC(=O)OC[C@@H](COC(=O)CCCCCCCCCCC(C)C)OC(=O)CCCCCCCCCCCCCCCC(C)C. The third kappa shape index (κ3) is 41.6. The normalized spacial score (nSPS) is 12.1. The molecule has 0 unspecified atom stereocenters. The average molecular weight is 765 g/mol. The number of unbranched alkanes of at least 4 members (excludes halogenated alkanes) is 27. The molecule has 0 aliphatic carbocycles. The van der Waals surface area contributed by atoms with E-state index in [1.807, 2.05) is 0 Å². The van der Waals surface area contributed by atoms with Crippen molar-refractivity contribution >= 4 is 17.9 Å². The molecule has 54 heavy (non-hydrogen) atoms. The maximum absolute atomic E-state index is 12.7. The Morgan fingerprint density at radius 3 is 0.907 bits per heavy atom. The van der Waals surface area contributed by atoms with Crippen molar-refractivity contribution in [3.05, 3.63) is 0 Å². The quantitative estimate of drug-likeness (QED) is 0.0350. The van der Waals surface area contributed by atoms with Gasteiger partial charge in [-0.1, -0.05) is 221 Å². The van der Waals surface area contributed by atoms with Crippen LogP contribution in [0.25, 0.3) is 0 Å². The summed E-state index contributed by atoms with van der Waals surface area (Å²) in [4.78, 5) is 37.7. The number of hydrogen-bond donors (Lipinski definition) is 0. The van der Waals surface area contributed by atoms with Crippen molar-refractivity contribution in [3.63, 3.8) is 0 Å². The maximum Gasteiger partial charge on any atom is 0.306 e. The molecule has 0 heterocycles. The molecule has 0 spiro atoms. The Bertz CT molecular complexity index is 824. The third-order valence-electron chi connectivity index (χ3n) is 10.7. The minimum absolute atomic E-state index is 0.0649. The smallest absolute Gasteiger partial charge is 0.306 e. The fraction of sp³-hybridized carbons (Fsp3) is 0.938. The van der Waals surface area contributed by atoms with E-state index < -0.39 is 6.10 Å². The lowest BCUT2D eigenvalue weighted by molar-refractivity contribution is -0.167. The number of hydrogen-bond acceptors (Lipinski definition) is 6. The first-order valence-corrected chi connectivity index (χ1v) is 23.7. The van der Waals surface area contributed by atoms with Crippen LogP contribution in [-0.4, -0.2) is 37.2 Å². The Hall–Kier alpha value is -1.59. The van der Waals surface area contributed by atoms with Crippen LogP contribution in [-0.2, 0) is 28.6 Å². The van der Waals surface area contributed by atoms with E-state index in [0.29, 0.717) is 19.3 Å². The molecule has 0 radical (unpaired) electrons. The van der Waals surface area contributed by atoms with Crippen molar-refractivity contribution in [2.75, 3.05) is 13.2 Å². The molecule has 0 aliphatic rings. The highest BCUT2D eigenvalue weighted by atomic mass is 16.6. The zero-order chi connectivity index (χ0) is 39.7. The van der Waals surface area contributed by atoms with E-state index in [4.69, 9.17) is 14.2 Å². The van der Waals surface area contributed by atoms with Crippen LogP contribution in [0.5, 0.6) is 0 Å². The van der Waals surface area contributed by atoms with Crippen LogP contribution >= 0.6 is 0 Å². The first-order valence-electron chi connectivity index (χ1n) is 23.7. The zero-order valence-electron chi connectivity index (χ0n) is 36.8. The van der Waals surface area contributed by atoms with Gasteiger partial charge in [-0.05, 0) is 31.1 Å². The molecule has 0 N–H and O–H groups in total. The molecular formula is C48H92O6. The largest absolute Gasteiger partial charge is 0.462 e. The Balaban J connectivity index is 4.29. The van der Waals surface area contributed by atoms with Gasteiger partial charge in [0.2, 0.25) is 0 Å². The van der Waals surface area contributed by atoms with Crippen molar-refractivity contribution in [1.29, 1.82) is 0 Å². The number of carbonyl (C=O) groups is 3. The first kappa shape index (κ1) is 52.4. The monoisotopic (exact) mass is 765 g/mol. The number of carbonyl (C=O) groups excluding carboxylic acids is 3. The molecule has 320 valence electrons. The summed E-state index contributed by atoms with van der Waals surface area (Å²) >= 11 is 0. The molecule has 0 rings (SSSR count). The number of esters is 3. The van der Waals surface area contributed by atoms with E-state index in [1.165, 1.54) is 148 Å². The summed E-state index contributed by atoms with van der Waals surface area (Å²) in [6, 6.07) is 0. The molecule has 0 aliphatic heterocycles. The van der Waals surface area contributed by atoms with Crippen LogP contribution in [0.4, 0.5) is 0 Å². The lowest BCUT2D eigenvalue weighted by Crippen LogP contribution is -2.30. The molecule has 0 amide bonds. The summed E-state index contributed by atoms with van der Waals surface area (Å²) in [7, 11) is 0. The van der Waals surface area contributed by atoms with E-state index in [-0.39, 0.29) is 31.1 Å². The Labute approximate surface area is 336 Å². The van der Waals surface area contributed by atoms with Gasteiger partial charge in [-0.3, -0.25) is 14.4 Å². The summed E-state index contributed by atoms with van der Waals surface area (Å²) in [5, 5.41) is 0. The highest BCUT2D eigenvalue weighted by Gasteiger charge is 2.19. The zero-order valence-corrected chi connectivity index (χ0v) is 36.8. The summed E-state index contributed by atoms with van der Waals surface area (Å²) in [5.41, 5.74) is 0. The van der Waals surface area contributed by atoms with E-state index >= 15 is 0 Å². The Morgan fingerprint density at radius 2 is 0.611 bits per heavy atom. The second-order valence-electron chi connectivity index (χ2n) is 17.3. The highest BCUT2D eigenvalue weighted by Crippen LogP contribution is 2.17. The minimum atomic E-state index is -0.760. The fourth-order valence-corrected chi connectivity index (χ4v) is 7.11. The third-order valence-corrected chi connectivity index (χ3v) is 10.7. The van der Waals surface area contributed by atoms with E-state index in [2.05, 4.69) is 34.6 Å². The predicted molar refractivity (Wildman–Crippen MR) is 229 cm³/mol. The number of rotatable bonds is 42. The van der Waals surface area contributed by atoms with Gasteiger partial charge in [0.15, 0.2) is 6.10 Å². The van der Waals surface area contributed by atoms with Crippen LogP contribution in [0.2, 0.25) is 0 Å². The van der Waals surface area contributed by atoms with Gasteiger partial charge in [0.05, 0.1) is 0 Å². The Morgan fingerprint density at radius 1 is 0.352 bits per heavy atom. The van der Waals surface area contributed by atoms with Gasteiger partial charge in [0.1, 0.15) is 13.2 Å². The fourth-order valence-electron chi connectivity index (χ4n) is 7.11. The second kappa shape index (κ2) is 41.1. The van der Waals surface area contributed by atoms with Gasteiger partial charge in [-0.25, -0.2) is 0 Å². The van der Waals surface area contributed by atoms with Crippen LogP contribution < -0.4 is 0 Å². The second-order valence-corrected chi connectivity index (χ2v) is 17.3. The van der Waals surface area contributed by atoms with Crippen LogP contribution in [0.15, 0.2) is 0 Å². The van der Waals surface area contributed by atoms with Gasteiger partial charge >= 0.3 is 17.9 Å². The Kier molecular flexibility index (Phi) is 39.8. The molecule has 0 aromatic heterocycles. The van der Waals surface area contributed by atoms with Crippen LogP contribution in [0, 0.1) is 11.8 Å². The molecule has 0 saturated heterocycles. The van der Waals surface area contributed by atoms with Crippen molar-refractivity contribution in [1.82, 2.24) is 0 Å².